The van der Waals surface area contributed by atoms with E-state index in [-0.39, 0.29) is 11.5 Å². The first-order chi connectivity index (χ1) is 6.26. The van der Waals surface area contributed by atoms with Crippen LogP contribution in [0.2, 0.25) is 0 Å². The Kier molecular flexibility index (Phi) is 2.79. The van der Waals surface area contributed by atoms with Gasteiger partial charge in [-0.3, -0.25) is 0 Å². The van der Waals surface area contributed by atoms with Crippen molar-refractivity contribution in [3.05, 3.63) is 0 Å². The fraction of sp³-hybridized carbons (Fsp3) is 0.909. The molecular weight excluding hydrogens is 178 g/mol. The van der Waals surface area contributed by atoms with E-state index < -0.39 is 0 Å². The minimum Gasteiger partial charge on any atom is -0.453 e. The van der Waals surface area contributed by atoms with Crippen LogP contribution in [-0.2, 0) is 4.74 Å². The van der Waals surface area contributed by atoms with Crippen LogP contribution in [0.1, 0.15) is 34.1 Å². The molecule has 0 N–H and O–H groups in total. The van der Waals surface area contributed by atoms with Gasteiger partial charge in [0.05, 0.1) is 7.11 Å². The Labute approximate surface area is 86.4 Å². The Morgan fingerprint density at radius 3 is 2.29 bits per heavy atom. The number of carbonyl (C=O) groups excluding carboxylic acids is 1. The van der Waals surface area contributed by atoms with Crippen LogP contribution in [0.5, 0.6) is 0 Å². The first-order valence-corrected chi connectivity index (χ1v) is 5.09. The quantitative estimate of drug-likeness (QED) is 0.649. The number of nitrogens with zero attached hydrogens (tertiary/aromatic N) is 1. The molecule has 3 nitrogen and oxygen atoms in total. The summed E-state index contributed by atoms with van der Waals surface area (Å²) >= 11 is 0. The maximum absolute atomic E-state index is 11.2. The summed E-state index contributed by atoms with van der Waals surface area (Å²) in [5.41, 5.74) is 0.614. The highest BCUT2D eigenvalue weighted by atomic mass is 16.5. The van der Waals surface area contributed by atoms with Crippen molar-refractivity contribution >= 4 is 6.09 Å². The van der Waals surface area contributed by atoms with Gasteiger partial charge in [-0.15, -0.1) is 0 Å². The number of hydrogen-bond donors (Lipinski definition) is 0. The first-order valence-electron chi connectivity index (χ1n) is 5.09. The van der Waals surface area contributed by atoms with E-state index in [2.05, 4.69) is 32.4 Å². The van der Waals surface area contributed by atoms with E-state index in [0.29, 0.717) is 5.41 Å². The normalized spacial score (nSPS) is 20.2. The molecule has 0 aromatic heterocycles. The second kappa shape index (κ2) is 3.44. The van der Waals surface area contributed by atoms with Crippen molar-refractivity contribution in [3.8, 4) is 0 Å². The predicted octanol–water partition coefficient (Wildman–Crippen LogP) is 2.51. The fourth-order valence-electron chi connectivity index (χ4n) is 2.53. The fourth-order valence-corrected chi connectivity index (χ4v) is 2.53. The van der Waals surface area contributed by atoms with Gasteiger partial charge >= 0.3 is 6.09 Å². The minimum absolute atomic E-state index is 0.198. The Bertz CT molecular complexity index is 224. The molecule has 0 aliphatic carbocycles. The van der Waals surface area contributed by atoms with E-state index >= 15 is 0 Å². The van der Waals surface area contributed by atoms with Crippen molar-refractivity contribution in [3.63, 3.8) is 0 Å². The topological polar surface area (TPSA) is 29.5 Å². The molecule has 3 heteroatoms. The van der Waals surface area contributed by atoms with Gasteiger partial charge in [-0.05, 0) is 11.8 Å². The van der Waals surface area contributed by atoms with Crippen LogP contribution >= 0.6 is 0 Å². The zero-order valence-electron chi connectivity index (χ0n) is 9.89. The second-order valence-corrected chi connectivity index (χ2v) is 5.87. The van der Waals surface area contributed by atoms with Gasteiger partial charge in [0.15, 0.2) is 0 Å². The molecule has 1 amide bonds. The molecule has 1 fully saturated rings. The van der Waals surface area contributed by atoms with Crippen LogP contribution in [-0.4, -0.2) is 31.2 Å². The van der Waals surface area contributed by atoms with Crippen LogP contribution < -0.4 is 0 Å². The van der Waals surface area contributed by atoms with Gasteiger partial charge in [-0.1, -0.05) is 27.7 Å². The summed E-state index contributed by atoms with van der Waals surface area (Å²) in [6.45, 7) is 10.6. The summed E-state index contributed by atoms with van der Waals surface area (Å²) in [4.78, 5) is 12.9. The zero-order chi connectivity index (χ0) is 11.0. The van der Waals surface area contributed by atoms with Gasteiger partial charge in [-0.25, -0.2) is 4.79 Å². The largest absolute Gasteiger partial charge is 0.453 e. The molecule has 0 atom stereocenters. The standard InChI is InChI=1S/C11H21NO2/c1-10(2,3)6-11(4)7-12(8-11)9(13)14-5/h6-8H2,1-5H3. The molecule has 1 heterocycles. The molecule has 14 heavy (non-hydrogen) atoms. The zero-order valence-corrected chi connectivity index (χ0v) is 9.89. The number of methoxy groups -OCH3 is 1. The molecule has 0 saturated carbocycles. The van der Waals surface area contributed by atoms with E-state index in [9.17, 15) is 4.79 Å². The molecule has 1 rings (SSSR count). The third kappa shape index (κ3) is 2.63. The predicted molar refractivity (Wildman–Crippen MR) is 56.2 cm³/mol. The SMILES string of the molecule is COC(=O)N1CC(C)(CC(C)(C)C)C1. The Morgan fingerprint density at radius 2 is 1.93 bits per heavy atom. The average molecular weight is 199 g/mol. The van der Waals surface area contributed by atoms with Crippen molar-refractivity contribution in [2.45, 2.75) is 34.1 Å². The Balaban J connectivity index is 2.41. The average Bonchev–Trinajstić information content (AvgIpc) is 1.95. The van der Waals surface area contributed by atoms with E-state index in [1.165, 1.54) is 7.11 Å². The monoisotopic (exact) mass is 199 g/mol. The highest BCUT2D eigenvalue weighted by Gasteiger charge is 2.43. The van der Waals surface area contributed by atoms with Crippen LogP contribution in [0.4, 0.5) is 4.79 Å². The smallest absolute Gasteiger partial charge is 0.409 e. The second-order valence-electron chi connectivity index (χ2n) is 5.87. The summed E-state index contributed by atoms with van der Waals surface area (Å²) in [6, 6.07) is 0. The van der Waals surface area contributed by atoms with Crippen molar-refractivity contribution in [2.24, 2.45) is 10.8 Å². The lowest BCUT2D eigenvalue weighted by molar-refractivity contribution is -0.00924. The molecule has 82 valence electrons. The lowest BCUT2D eigenvalue weighted by Gasteiger charge is -2.49. The van der Waals surface area contributed by atoms with E-state index in [1.54, 1.807) is 4.90 Å². The third-order valence-electron chi connectivity index (χ3n) is 2.54. The molecule has 0 unspecified atom stereocenters. The first kappa shape index (κ1) is 11.3. The van der Waals surface area contributed by atoms with Gasteiger partial charge < -0.3 is 9.64 Å². The van der Waals surface area contributed by atoms with Crippen LogP contribution in [0, 0.1) is 10.8 Å². The summed E-state index contributed by atoms with van der Waals surface area (Å²) in [6.07, 6.45) is 0.949. The summed E-state index contributed by atoms with van der Waals surface area (Å²) in [5.74, 6) is 0. The number of hydrogen-bond acceptors (Lipinski definition) is 2. The molecular formula is C11H21NO2. The molecule has 1 aliphatic heterocycles. The molecule has 0 bridgehead atoms. The highest BCUT2D eigenvalue weighted by molar-refractivity contribution is 5.68. The summed E-state index contributed by atoms with van der Waals surface area (Å²) in [7, 11) is 1.43. The number of likely N-dealkylation sites (tertiary alicyclic amines) is 1. The van der Waals surface area contributed by atoms with Gasteiger partial charge in [0.25, 0.3) is 0 Å². The molecule has 1 aliphatic rings. The van der Waals surface area contributed by atoms with E-state index in [4.69, 9.17) is 0 Å². The third-order valence-corrected chi connectivity index (χ3v) is 2.54. The van der Waals surface area contributed by atoms with Crippen LogP contribution in [0.15, 0.2) is 0 Å². The van der Waals surface area contributed by atoms with Crippen molar-refractivity contribution < 1.29 is 9.53 Å². The maximum atomic E-state index is 11.2. The lowest BCUT2D eigenvalue weighted by atomic mass is 9.70. The Hall–Kier alpha value is -0.730. The Morgan fingerprint density at radius 1 is 1.43 bits per heavy atom. The van der Waals surface area contributed by atoms with Crippen LogP contribution in [0.3, 0.4) is 0 Å². The van der Waals surface area contributed by atoms with Crippen molar-refractivity contribution in [2.75, 3.05) is 20.2 Å². The maximum Gasteiger partial charge on any atom is 0.409 e. The molecule has 0 aromatic rings. The van der Waals surface area contributed by atoms with Gasteiger partial charge in [0.1, 0.15) is 0 Å². The van der Waals surface area contributed by atoms with Gasteiger partial charge in [-0.2, -0.15) is 0 Å². The molecule has 0 aromatic carbocycles. The number of rotatable bonds is 1. The van der Waals surface area contributed by atoms with E-state index in [1.807, 2.05) is 0 Å². The van der Waals surface area contributed by atoms with Crippen molar-refractivity contribution in [1.29, 1.82) is 0 Å². The van der Waals surface area contributed by atoms with Crippen molar-refractivity contribution in [1.82, 2.24) is 4.90 Å². The van der Waals surface area contributed by atoms with Crippen LogP contribution in [0.25, 0.3) is 0 Å². The number of ether oxygens (including phenoxy) is 1. The number of carbonyl (C=O) groups is 1. The summed E-state index contributed by atoms with van der Waals surface area (Å²) in [5, 5.41) is 0. The van der Waals surface area contributed by atoms with Gasteiger partial charge in [0, 0.05) is 18.5 Å². The minimum atomic E-state index is -0.198. The summed E-state index contributed by atoms with van der Waals surface area (Å²) < 4.78 is 4.66. The lowest BCUT2D eigenvalue weighted by Crippen LogP contribution is -2.57. The molecule has 0 radical (unpaired) electrons. The molecule has 0 spiro atoms. The van der Waals surface area contributed by atoms with Gasteiger partial charge in [0.2, 0.25) is 0 Å². The van der Waals surface area contributed by atoms with E-state index in [0.717, 1.165) is 19.5 Å². The highest BCUT2D eigenvalue weighted by Crippen LogP contribution is 2.40. The molecule has 1 saturated heterocycles. The number of amides is 1.